The van der Waals surface area contributed by atoms with Crippen LogP contribution in [0.3, 0.4) is 0 Å². The molecule has 0 N–H and O–H groups in total. The second-order valence-electron chi connectivity index (χ2n) is 13.5. The smallest absolute Gasteiger partial charge is 0.410 e. The lowest BCUT2D eigenvalue weighted by Gasteiger charge is -2.29. The molecular weight excluding hydrogens is 558 g/mol. The molecule has 1 atom stereocenters. The molecule has 8 heteroatoms. The first kappa shape index (κ1) is 30.1. The summed E-state index contributed by atoms with van der Waals surface area (Å²) in [5, 5.41) is 1.01. The molecule has 3 aliphatic rings. The van der Waals surface area contributed by atoms with E-state index in [-0.39, 0.29) is 6.09 Å². The summed E-state index contributed by atoms with van der Waals surface area (Å²) in [6.45, 7) is 17.2. The van der Waals surface area contributed by atoms with Crippen LogP contribution in [0, 0.1) is 19.3 Å². The third-order valence-electron chi connectivity index (χ3n) is 9.10. The number of thiazole rings is 1. The number of fused-ring (bicyclic) bond motifs is 1. The molecule has 3 aliphatic heterocycles. The van der Waals surface area contributed by atoms with Gasteiger partial charge in [-0.05, 0) is 88.7 Å². The minimum atomic E-state index is -0.503. The molecule has 3 aromatic rings. The maximum atomic E-state index is 12.7. The lowest BCUT2D eigenvalue weighted by Crippen LogP contribution is -2.39. The fourth-order valence-corrected chi connectivity index (χ4v) is 7.88. The molecule has 2 fully saturated rings. The van der Waals surface area contributed by atoms with Crippen molar-refractivity contribution < 1.29 is 19.0 Å². The highest BCUT2D eigenvalue weighted by molar-refractivity contribution is 7.15. The van der Waals surface area contributed by atoms with Gasteiger partial charge in [0.25, 0.3) is 0 Å². The highest BCUT2D eigenvalue weighted by Gasteiger charge is 2.40. The van der Waals surface area contributed by atoms with Gasteiger partial charge in [0, 0.05) is 48.5 Å². The Kier molecular flexibility index (Phi) is 8.55. The van der Waals surface area contributed by atoms with Crippen molar-refractivity contribution in [3.63, 3.8) is 0 Å². The number of carbonyl (C=O) groups is 1. The molecule has 0 aliphatic carbocycles. The van der Waals surface area contributed by atoms with E-state index in [1.54, 1.807) is 16.2 Å². The fourth-order valence-electron chi connectivity index (χ4n) is 6.67. The number of nitrogens with zero attached hydrogens (tertiary/aromatic N) is 3. The summed E-state index contributed by atoms with van der Waals surface area (Å²) in [5.74, 6) is 0.955. The SMILES string of the molecule is Cc1c(OCCCN2CCC3(CCOC3)C2)cccc1-c1cccc(-c2nc3c(s2)CN(C(=O)OC(C)(C)C)CC3)c1C. The Hall–Kier alpha value is -2.94. The second kappa shape index (κ2) is 12.2. The van der Waals surface area contributed by atoms with Crippen LogP contribution in [-0.2, 0) is 22.4 Å². The summed E-state index contributed by atoms with van der Waals surface area (Å²) in [7, 11) is 0. The van der Waals surface area contributed by atoms with Gasteiger partial charge in [0.15, 0.2) is 0 Å². The minimum Gasteiger partial charge on any atom is -0.493 e. The lowest BCUT2D eigenvalue weighted by molar-refractivity contribution is 0.0225. The quantitative estimate of drug-likeness (QED) is 0.265. The van der Waals surface area contributed by atoms with Crippen molar-refractivity contribution in [2.24, 2.45) is 5.41 Å². The molecule has 0 radical (unpaired) electrons. The predicted octanol–water partition coefficient (Wildman–Crippen LogP) is 7.27. The Morgan fingerprint density at radius 1 is 1.05 bits per heavy atom. The summed E-state index contributed by atoms with van der Waals surface area (Å²) in [6.07, 6.45) is 3.99. The van der Waals surface area contributed by atoms with E-state index in [0.29, 0.717) is 25.1 Å². The van der Waals surface area contributed by atoms with Crippen LogP contribution in [0.1, 0.15) is 61.7 Å². The predicted molar refractivity (Wildman–Crippen MR) is 172 cm³/mol. The van der Waals surface area contributed by atoms with E-state index >= 15 is 0 Å². The molecule has 1 aromatic heterocycles. The minimum absolute atomic E-state index is 0.257. The average Bonchev–Trinajstić information content (AvgIpc) is 3.71. The van der Waals surface area contributed by atoms with Crippen LogP contribution in [0.2, 0.25) is 0 Å². The number of rotatable bonds is 7. The maximum Gasteiger partial charge on any atom is 0.410 e. The molecule has 0 saturated carbocycles. The fraction of sp³-hybridized carbons (Fsp3) is 0.543. The highest BCUT2D eigenvalue weighted by atomic mass is 32.1. The molecule has 43 heavy (non-hydrogen) atoms. The van der Waals surface area contributed by atoms with Gasteiger partial charge in [-0.25, -0.2) is 9.78 Å². The van der Waals surface area contributed by atoms with Crippen LogP contribution >= 0.6 is 11.3 Å². The van der Waals surface area contributed by atoms with Crippen LogP contribution in [-0.4, -0.2) is 72.5 Å². The Labute approximate surface area is 260 Å². The number of amides is 1. The van der Waals surface area contributed by atoms with Crippen molar-refractivity contribution in [1.82, 2.24) is 14.8 Å². The van der Waals surface area contributed by atoms with Crippen molar-refractivity contribution in [3.05, 3.63) is 58.1 Å². The molecular formula is C35H45N3O4S. The summed E-state index contributed by atoms with van der Waals surface area (Å²) in [5.41, 5.74) is 6.91. The maximum absolute atomic E-state index is 12.7. The monoisotopic (exact) mass is 603 g/mol. The molecule has 2 saturated heterocycles. The van der Waals surface area contributed by atoms with Crippen LogP contribution in [0.15, 0.2) is 36.4 Å². The molecule has 230 valence electrons. The number of hydrogen-bond donors (Lipinski definition) is 0. The van der Waals surface area contributed by atoms with E-state index in [2.05, 4.69) is 55.1 Å². The molecule has 2 aromatic carbocycles. The Bertz CT molecular complexity index is 1470. The highest BCUT2D eigenvalue weighted by Crippen LogP contribution is 2.40. The number of carbonyl (C=O) groups excluding carboxylic acids is 1. The number of benzene rings is 2. The van der Waals surface area contributed by atoms with E-state index in [4.69, 9.17) is 19.2 Å². The molecule has 4 heterocycles. The van der Waals surface area contributed by atoms with E-state index in [0.717, 1.165) is 65.1 Å². The van der Waals surface area contributed by atoms with Gasteiger partial charge in [0.2, 0.25) is 0 Å². The third kappa shape index (κ3) is 6.61. The van der Waals surface area contributed by atoms with E-state index in [1.807, 2.05) is 20.8 Å². The van der Waals surface area contributed by atoms with Crippen molar-refractivity contribution >= 4 is 17.4 Å². The van der Waals surface area contributed by atoms with E-state index in [1.165, 1.54) is 42.6 Å². The second-order valence-corrected chi connectivity index (χ2v) is 14.6. The summed E-state index contributed by atoms with van der Waals surface area (Å²) in [6, 6.07) is 12.8. The Morgan fingerprint density at radius 2 is 1.81 bits per heavy atom. The van der Waals surface area contributed by atoms with Gasteiger partial charge < -0.3 is 24.0 Å². The summed E-state index contributed by atoms with van der Waals surface area (Å²) < 4.78 is 17.6. The standard InChI is InChI=1S/C35H45N3O4S/c1-24-26(9-6-11-28(24)32-36-29-13-17-38(21-31(29)43-32)33(39)42-34(3,4)5)27-10-7-12-30(25(27)2)41-19-8-16-37-18-14-35(22-37)15-20-40-23-35/h6-7,9-12H,8,13-23H2,1-5H3. The first-order chi connectivity index (χ1) is 20.6. The molecule has 1 spiro atoms. The molecule has 7 nitrogen and oxygen atoms in total. The average molecular weight is 604 g/mol. The zero-order valence-electron chi connectivity index (χ0n) is 26.3. The van der Waals surface area contributed by atoms with Crippen molar-refractivity contribution in [3.8, 4) is 27.4 Å². The van der Waals surface area contributed by atoms with Crippen LogP contribution in [0.5, 0.6) is 5.75 Å². The summed E-state index contributed by atoms with van der Waals surface area (Å²) >= 11 is 1.69. The molecule has 1 amide bonds. The van der Waals surface area contributed by atoms with Gasteiger partial charge in [0.1, 0.15) is 16.4 Å². The number of ether oxygens (including phenoxy) is 3. The zero-order chi connectivity index (χ0) is 30.2. The van der Waals surface area contributed by atoms with Gasteiger partial charge in [-0.1, -0.05) is 30.3 Å². The zero-order valence-corrected chi connectivity index (χ0v) is 27.1. The lowest BCUT2D eigenvalue weighted by atomic mass is 9.87. The van der Waals surface area contributed by atoms with Crippen LogP contribution in [0.25, 0.3) is 21.7 Å². The normalized spacial score (nSPS) is 20.5. The first-order valence-corrected chi connectivity index (χ1v) is 16.5. The largest absolute Gasteiger partial charge is 0.493 e. The molecule has 6 rings (SSSR count). The number of likely N-dealkylation sites (tertiary alicyclic amines) is 1. The van der Waals surface area contributed by atoms with E-state index < -0.39 is 5.60 Å². The van der Waals surface area contributed by atoms with Gasteiger partial charge >= 0.3 is 6.09 Å². The van der Waals surface area contributed by atoms with Crippen molar-refractivity contribution in [1.29, 1.82) is 0 Å². The van der Waals surface area contributed by atoms with Crippen molar-refractivity contribution in [2.45, 2.75) is 72.4 Å². The van der Waals surface area contributed by atoms with Gasteiger partial charge in [-0.2, -0.15) is 0 Å². The van der Waals surface area contributed by atoms with Gasteiger partial charge in [-0.15, -0.1) is 11.3 Å². The van der Waals surface area contributed by atoms with Gasteiger partial charge in [-0.3, -0.25) is 0 Å². The third-order valence-corrected chi connectivity index (χ3v) is 10.2. The Balaban J connectivity index is 1.12. The van der Waals surface area contributed by atoms with Crippen LogP contribution in [0.4, 0.5) is 4.79 Å². The van der Waals surface area contributed by atoms with E-state index in [9.17, 15) is 4.79 Å². The molecule has 1 unspecified atom stereocenters. The number of hydrogen-bond acceptors (Lipinski definition) is 7. The van der Waals surface area contributed by atoms with Crippen LogP contribution < -0.4 is 4.74 Å². The molecule has 0 bridgehead atoms. The topological polar surface area (TPSA) is 64.1 Å². The summed E-state index contributed by atoms with van der Waals surface area (Å²) in [4.78, 5) is 23.2. The number of aromatic nitrogens is 1. The first-order valence-electron chi connectivity index (χ1n) is 15.7. The van der Waals surface area contributed by atoms with Crippen molar-refractivity contribution in [2.75, 3.05) is 46.0 Å². The van der Waals surface area contributed by atoms with Gasteiger partial charge in [0.05, 0.1) is 25.5 Å². The Morgan fingerprint density at radius 3 is 2.58 bits per heavy atom.